The summed E-state index contributed by atoms with van der Waals surface area (Å²) in [5.41, 5.74) is 23.4. The van der Waals surface area contributed by atoms with E-state index in [4.69, 9.17) is 26.7 Å². The maximum absolute atomic E-state index is 14.9. The van der Waals surface area contributed by atoms with E-state index in [-0.39, 0.29) is 63.6 Å². The number of unbranched alkanes of at least 4 members (excludes halogenated alkanes) is 1. The van der Waals surface area contributed by atoms with Crippen molar-refractivity contribution in [2.75, 3.05) is 39.9 Å². The molecule has 5 atom stereocenters. The zero-order valence-corrected chi connectivity index (χ0v) is 37.4. The Kier molecular flexibility index (Phi) is 17.9. The van der Waals surface area contributed by atoms with Gasteiger partial charge < -0.3 is 36.9 Å². The molecule has 2 amide bonds. The van der Waals surface area contributed by atoms with Crippen LogP contribution in [0.3, 0.4) is 0 Å². The van der Waals surface area contributed by atoms with Crippen molar-refractivity contribution in [1.82, 2.24) is 10.2 Å². The van der Waals surface area contributed by atoms with Gasteiger partial charge in [-0.05, 0) is 86.2 Å². The molecular formula is C51H62N6O7. The topological polar surface area (TPSA) is 221 Å². The highest BCUT2D eigenvalue weighted by Gasteiger charge is 2.36. The number of aryl methyl sites for hydroxylation is 1. The van der Waals surface area contributed by atoms with Crippen molar-refractivity contribution in [3.8, 4) is 39.8 Å². The smallest absolute Gasteiger partial charge is 0.226 e. The van der Waals surface area contributed by atoms with Crippen LogP contribution in [0.4, 0.5) is 0 Å². The van der Waals surface area contributed by atoms with E-state index >= 15 is 0 Å². The molecular weight excluding hydrogens is 809 g/mol. The number of nitriles is 1. The molecule has 338 valence electrons. The lowest BCUT2D eigenvalue weighted by atomic mass is 9.87. The number of hydrogen-bond acceptors (Lipinski definition) is 11. The quantitative estimate of drug-likeness (QED) is 0.0607. The third-order valence-electron chi connectivity index (χ3n) is 11.7. The average molecular weight is 871 g/mol. The van der Waals surface area contributed by atoms with Crippen molar-refractivity contribution in [1.29, 1.82) is 5.26 Å². The van der Waals surface area contributed by atoms with Crippen LogP contribution in [0, 0.1) is 36.0 Å². The molecule has 0 saturated carbocycles. The number of hydrogen-bond donors (Lipinski definition) is 4. The predicted molar refractivity (Wildman–Crippen MR) is 247 cm³/mol. The Bertz CT molecular complexity index is 2310. The van der Waals surface area contributed by atoms with Crippen molar-refractivity contribution in [2.24, 2.45) is 35.0 Å². The molecule has 4 aromatic rings. The molecule has 0 saturated heterocycles. The summed E-state index contributed by atoms with van der Waals surface area (Å²) in [5.74, 6) is -3.27. The second kappa shape index (κ2) is 23.5. The van der Waals surface area contributed by atoms with Gasteiger partial charge in [-0.2, -0.15) is 5.26 Å². The van der Waals surface area contributed by atoms with Gasteiger partial charge in [0.25, 0.3) is 0 Å². The number of nitrogens with zero attached hydrogens (tertiary/aromatic N) is 2. The molecule has 1 heterocycles. The minimum atomic E-state index is -1.19. The lowest BCUT2D eigenvalue weighted by molar-refractivity contribution is -0.142. The van der Waals surface area contributed by atoms with Gasteiger partial charge in [0, 0.05) is 67.9 Å². The molecule has 0 fully saturated rings. The summed E-state index contributed by atoms with van der Waals surface area (Å²) >= 11 is 0. The molecule has 0 aromatic heterocycles. The number of nitrogens with two attached hydrogens (primary N) is 3. The molecule has 5 unspecified atom stereocenters. The van der Waals surface area contributed by atoms with Crippen LogP contribution in [-0.4, -0.2) is 80.0 Å². The first-order valence-corrected chi connectivity index (χ1v) is 22.1. The maximum atomic E-state index is 14.9. The van der Waals surface area contributed by atoms with Crippen molar-refractivity contribution in [3.63, 3.8) is 0 Å². The van der Waals surface area contributed by atoms with Crippen LogP contribution in [0.5, 0.6) is 11.5 Å². The van der Waals surface area contributed by atoms with Gasteiger partial charge in [-0.15, -0.1) is 0 Å². The number of nitrogens with one attached hydrogen (secondary N) is 1. The number of rotatable bonds is 19. The number of amides is 2. The standard InChI is InChI=1S/C51H62N6O7/c1-32-8-11-36(12-9-32)37-13-15-38(16-14-37)44(58)30-40(7-5-6-20-52)51(62)57(4)49-39-17-19-48(64-24-22-54)42(29-39)41-27-35(10-18-47(41)63-23-21-53)28-43(45(59)25-33(2)31-55)56-50(61)34(3)26-46(49)60/h8-19,27,29,33-34,40,43,49H,5-7,20-26,28,30,52-54H2,1-4H3,(H,56,61). The van der Waals surface area contributed by atoms with E-state index in [1.807, 2.05) is 49.4 Å². The van der Waals surface area contributed by atoms with Gasteiger partial charge in [0.2, 0.25) is 11.8 Å². The molecule has 7 N–H and O–H groups in total. The number of carbonyl (C=O) groups excluding carboxylic acids is 5. The van der Waals surface area contributed by atoms with Crippen molar-refractivity contribution >= 4 is 29.2 Å². The molecule has 13 heteroatoms. The number of fused-ring (bicyclic) bond motifs is 5. The Balaban J connectivity index is 1.59. The first-order valence-electron chi connectivity index (χ1n) is 22.1. The Morgan fingerprint density at radius 1 is 0.812 bits per heavy atom. The lowest BCUT2D eigenvalue weighted by Gasteiger charge is -2.32. The third kappa shape index (κ3) is 12.7. The molecule has 0 radical (unpaired) electrons. The van der Waals surface area contributed by atoms with E-state index in [1.54, 1.807) is 63.4 Å². The van der Waals surface area contributed by atoms with Gasteiger partial charge in [0.15, 0.2) is 17.3 Å². The van der Waals surface area contributed by atoms with Crippen LogP contribution in [-0.2, 0) is 25.6 Å². The fraction of sp³-hybridized carbons (Fsp3) is 0.412. The fourth-order valence-electron chi connectivity index (χ4n) is 8.05. The first kappa shape index (κ1) is 48.8. The molecule has 13 nitrogen and oxygen atoms in total. The summed E-state index contributed by atoms with van der Waals surface area (Å²) in [6.45, 7) is 6.49. The minimum absolute atomic E-state index is 0.0822. The van der Waals surface area contributed by atoms with Crippen molar-refractivity contribution < 1.29 is 33.4 Å². The second-order valence-electron chi connectivity index (χ2n) is 16.8. The zero-order chi connectivity index (χ0) is 46.3. The highest BCUT2D eigenvalue weighted by Crippen LogP contribution is 2.41. The Morgan fingerprint density at radius 3 is 2.03 bits per heavy atom. The minimum Gasteiger partial charge on any atom is -0.492 e. The van der Waals surface area contributed by atoms with E-state index in [9.17, 15) is 29.2 Å². The highest BCUT2D eigenvalue weighted by atomic mass is 16.5. The molecule has 4 aromatic carbocycles. The van der Waals surface area contributed by atoms with Crippen LogP contribution in [0.1, 0.15) is 85.5 Å². The van der Waals surface area contributed by atoms with Crippen LogP contribution < -0.4 is 32.0 Å². The van der Waals surface area contributed by atoms with Crippen LogP contribution in [0.25, 0.3) is 22.3 Å². The number of ether oxygens (including phenoxy) is 2. The van der Waals surface area contributed by atoms with E-state index in [2.05, 4.69) is 11.4 Å². The Labute approximate surface area is 376 Å². The second-order valence-corrected chi connectivity index (χ2v) is 16.8. The fourth-order valence-corrected chi connectivity index (χ4v) is 8.05. The molecule has 5 rings (SSSR count). The first-order chi connectivity index (χ1) is 30.8. The van der Waals surface area contributed by atoms with Crippen molar-refractivity contribution in [2.45, 2.75) is 77.8 Å². The summed E-state index contributed by atoms with van der Waals surface area (Å²) in [4.78, 5) is 72.6. The Hall–Kier alpha value is -6.20. The van der Waals surface area contributed by atoms with Gasteiger partial charge >= 0.3 is 0 Å². The van der Waals surface area contributed by atoms with Gasteiger partial charge in [-0.3, -0.25) is 24.0 Å². The van der Waals surface area contributed by atoms with Gasteiger partial charge in [0.1, 0.15) is 30.8 Å². The highest BCUT2D eigenvalue weighted by molar-refractivity contribution is 6.00. The van der Waals surface area contributed by atoms with Crippen molar-refractivity contribution in [3.05, 3.63) is 107 Å². The zero-order valence-electron chi connectivity index (χ0n) is 37.4. The third-order valence-corrected chi connectivity index (χ3v) is 11.7. The van der Waals surface area contributed by atoms with E-state index in [1.165, 1.54) is 4.90 Å². The number of ketones is 3. The summed E-state index contributed by atoms with van der Waals surface area (Å²) in [7, 11) is 1.55. The number of likely N-dealkylation sites (N-methyl/N-ethyl adjacent to an activating group) is 1. The molecule has 4 bridgehead atoms. The van der Waals surface area contributed by atoms with Gasteiger partial charge in [0.05, 0.1) is 18.0 Å². The molecule has 0 spiro atoms. The Morgan fingerprint density at radius 2 is 1.42 bits per heavy atom. The molecule has 64 heavy (non-hydrogen) atoms. The molecule has 0 aliphatic carbocycles. The largest absolute Gasteiger partial charge is 0.492 e. The molecule has 1 aliphatic rings. The van der Waals surface area contributed by atoms with E-state index in [0.29, 0.717) is 65.1 Å². The molecule has 1 aliphatic heterocycles. The summed E-state index contributed by atoms with van der Waals surface area (Å²) in [6.07, 6.45) is 1.24. The SMILES string of the molecule is Cc1ccc(-c2ccc(C(=O)CC(CCCCN)C(=O)N(C)C3C(=O)CC(C)C(=O)NC(C(=O)CC(C)C#N)Cc4ccc(OCCN)c(c4)-c4cc3ccc4OCCN)cc2)cc1. The number of Topliss-reactive ketones (excluding diaryl/α,β-unsaturated/α-hetero) is 3. The normalized spacial score (nSPS) is 17.2. The van der Waals surface area contributed by atoms with E-state index in [0.717, 1.165) is 16.7 Å². The monoisotopic (exact) mass is 870 g/mol. The summed E-state index contributed by atoms with van der Waals surface area (Å²) in [6, 6.07) is 26.0. The number of carbonyl (C=O) groups is 5. The summed E-state index contributed by atoms with van der Waals surface area (Å²) < 4.78 is 12.3. The maximum Gasteiger partial charge on any atom is 0.226 e. The van der Waals surface area contributed by atoms with Crippen LogP contribution in [0.15, 0.2) is 84.9 Å². The summed E-state index contributed by atoms with van der Waals surface area (Å²) in [5, 5.41) is 12.4. The van der Waals surface area contributed by atoms with Gasteiger partial charge in [-0.25, -0.2) is 0 Å². The number of benzene rings is 4. The lowest BCUT2D eigenvalue weighted by Crippen LogP contribution is -2.46. The van der Waals surface area contributed by atoms with E-state index < -0.39 is 47.4 Å². The van der Waals surface area contributed by atoms with Crippen LogP contribution in [0.2, 0.25) is 0 Å². The predicted octanol–water partition coefficient (Wildman–Crippen LogP) is 6.28. The average Bonchev–Trinajstić information content (AvgIpc) is 3.29. The van der Waals surface area contributed by atoms with Gasteiger partial charge in [-0.1, -0.05) is 79.6 Å². The van der Waals surface area contributed by atoms with Crippen LogP contribution >= 0.6 is 0 Å².